The molecule has 1 atom stereocenters. The zero-order valence-corrected chi connectivity index (χ0v) is 13.5. The molecular weight excluding hydrogens is 356 g/mol. The highest BCUT2D eigenvalue weighted by molar-refractivity contribution is 14.1. The Morgan fingerprint density at radius 2 is 2.16 bits per heavy atom. The molecule has 0 aliphatic heterocycles. The van der Waals surface area contributed by atoms with Gasteiger partial charge in [-0.2, -0.15) is 0 Å². The van der Waals surface area contributed by atoms with Crippen LogP contribution in [0.1, 0.15) is 39.5 Å². The number of anilines is 1. The Morgan fingerprint density at radius 3 is 2.84 bits per heavy atom. The summed E-state index contributed by atoms with van der Waals surface area (Å²) in [5, 5.41) is 2.89. The van der Waals surface area contributed by atoms with Gasteiger partial charge in [-0.15, -0.1) is 0 Å². The number of hydrogen-bond acceptors (Lipinski definition) is 1. The topological polar surface area (TPSA) is 29.1 Å². The molecule has 0 heterocycles. The highest BCUT2D eigenvalue weighted by Crippen LogP contribution is 2.41. The third-order valence-corrected chi connectivity index (χ3v) is 5.13. The van der Waals surface area contributed by atoms with Crippen LogP contribution in [-0.2, 0) is 4.79 Å². The van der Waals surface area contributed by atoms with Crippen LogP contribution >= 0.6 is 22.6 Å². The van der Waals surface area contributed by atoms with Gasteiger partial charge in [-0.25, -0.2) is 4.39 Å². The van der Waals surface area contributed by atoms with E-state index in [0.717, 1.165) is 19.3 Å². The first-order chi connectivity index (χ1) is 8.92. The Labute approximate surface area is 127 Å². The molecule has 1 aliphatic carbocycles. The number of nitrogens with one attached hydrogen (secondary N) is 1. The van der Waals surface area contributed by atoms with E-state index in [1.165, 1.54) is 12.5 Å². The quantitative estimate of drug-likeness (QED) is 0.753. The lowest BCUT2D eigenvalue weighted by Crippen LogP contribution is -2.37. The molecule has 4 heteroatoms. The highest BCUT2D eigenvalue weighted by atomic mass is 127. The minimum Gasteiger partial charge on any atom is -0.325 e. The fraction of sp³-hybridized carbons (Fsp3) is 0.533. The molecule has 1 aliphatic rings. The molecule has 1 amide bonds. The summed E-state index contributed by atoms with van der Waals surface area (Å²) in [7, 11) is 0. The molecule has 104 valence electrons. The third-order valence-electron chi connectivity index (χ3n) is 4.03. The lowest BCUT2D eigenvalue weighted by atomic mass is 9.68. The second-order valence-electron chi connectivity index (χ2n) is 5.88. The van der Waals surface area contributed by atoms with Crippen LogP contribution in [0.15, 0.2) is 18.2 Å². The molecule has 2 nitrogen and oxygen atoms in total. The molecule has 0 aromatic heterocycles. The summed E-state index contributed by atoms with van der Waals surface area (Å²) in [6, 6.07) is 4.78. The maximum atomic E-state index is 13.5. The maximum absolute atomic E-state index is 13.5. The number of amides is 1. The summed E-state index contributed by atoms with van der Waals surface area (Å²) in [5.74, 6) is -0.255. The molecule has 0 bridgehead atoms. The van der Waals surface area contributed by atoms with E-state index in [4.69, 9.17) is 0 Å². The van der Waals surface area contributed by atoms with Crippen molar-refractivity contribution in [1.29, 1.82) is 0 Å². The Bertz CT molecular complexity index is 487. The number of carbonyl (C=O) groups excluding carboxylic acids is 1. The van der Waals surface area contributed by atoms with E-state index >= 15 is 0 Å². The molecule has 19 heavy (non-hydrogen) atoms. The molecule has 1 N–H and O–H groups in total. The molecule has 1 saturated carbocycles. The van der Waals surface area contributed by atoms with Crippen LogP contribution in [0.2, 0.25) is 0 Å². The van der Waals surface area contributed by atoms with E-state index in [9.17, 15) is 9.18 Å². The monoisotopic (exact) mass is 375 g/mol. The van der Waals surface area contributed by atoms with Gasteiger partial charge in [-0.05, 0) is 53.0 Å². The average molecular weight is 375 g/mol. The summed E-state index contributed by atoms with van der Waals surface area (Å²) < 4.78 is 13.9. The number of rotatable bonds is 2. The smallest absolute Gasteiger partial charge is 0.228 e. The Hall–Kier alpha value is -0.650. The normalized spacial score (nSPS) is 22.0. The van der Waals surface area contributed by atoms with Crippen LogP contribution in [0.3, 0.4) is 0 Å². The fourth-order valence-electron chi connectivity index (χ4n) is 2.80. The minimum atomic E-state index is -0.290. The van der Waals surface area contributed by atoms with Gasteiger partial charge in [0, 0.05) is 5.92 Å². The van der Waals surface area contributed by atoms with E-state index in [-0.39, 0.29) is 23.1 Å². The maximum Gasteiger partial charge on any atom is 0.228 e. The number of halogens is 2. The van der Waals surface area contributed by atoms with Crippen LogP contribution in [-0.4, -0.2) is 5.91 Å². The van der Waals surface area contributed by atoms with Crippen molar-refractivity contribution >= 4 is 34.2 Å². The average Bonchev–Trinajstić information content (AvgIpc) is 2.34. The summed E-state index contributed by atoms with van der Waals surface area (Å²) in [4.78, 5) is 12.4. The zero-order valence-electron chi connectivity index (χ0n) is 11.3. The summed E-state index contributed by atoms with van der Waals surface area (Å²) in [5.41, 5.74) is 0.605. The number of benzene rings is 1. The van der Waals surface area contributed by atoms with Crippen molar-refractivity contribution in [2.24, 2.45) is 11.3 Å². The van der Waals surface area contributed by atoms with Gasteiger partial charge in [0.15, 0.2) is 0 Å². The Morgan fingerprint density at radius 1 is 1.42 bits per heavy atom. The summed E-state index contributed by atoms with van der Waals surface area (Å²) in [6.45, 7) is 4.29. The molecule has 0 spiro atoms. The second kappa shape index (κ2) is 5.77. The lowest BCUT2D eigenvalue weighted by Gasteiger charge is -2.37. The number of hydrogen-bond donors (Lipinski definition) is 1. The molecule has 0 radical (unpaired) electrons. The molecule has 1 aromatic carbocycles. The van der Waals surface area contributed by atoms with Crippen LogP contribution in [0, 0.1) is 20.7 Å². The van der Waals surface area contributed by atoms with Gasteiger partial charge in [-0.1, -0.05) is 32.8 Å². The minimum absolute atomic E-state index is 0.0142. The lowest BCUT2D eigenvalue weighted by molar-refractivity contribution is -0.124. The first-order valence-corrected chi connectivity index (χ1v) is 7.74. The van der Waals surface area contributed by atoms with Crippen LogP contribution < -0.4 is 5.32 Å². The van der Waals surface area contributed by atoms with Crippen molar-refractivity contribution in [1.82, 2.24) is 0 Å². The predicted octanol–water partition coefficient (Wildman–Crippen LogP) is 4.59. The Balaban J connectivity index is 2.14. The van der Waals surface area contributed by atoms with E-state index < -0.39 is 0 Å². The van der Waals surface area contributed by atoms with E-state index in [1.807, 2.05) is 22.6 Å². The van der Waals surface area contributed by atoms with Crippen molar-refractivity contribution in [3.63, 3.8) is 0 Å². The van der Waals surface area contributed by atoms with Gasteiger partial charge in [0.1, 0.15) is 5.82 Å². The molecule has 2 rings (SSSR count). The van der Waals surface area contributed by atoms with E-state index in [2.05, 4.69) is 19.2 Å². The van der Waals surface area contributed by atoms with Crippen molar-refractivity contribution in [3.8, 4) is 0 Å². The Kier molecular flexibility index (Phi) is 4.48. The first-order valence-electron chi connectivity index (χ1n) is 6.67. The second-order valence-corrected chi connectivity index (χ2v) is 6.96. The van der Waals surface area contributed by atoms with E-state index in [1.54, 1.807) is 12.1 Å². The summed E-state index contributed by atoms with van der Waals surface area (Å²) in [6.07, 6.45) is 4.28. The largest absolute Gasteiger partial charge is 0.325 e. The van der Waals surface area contributed by atoms with Gasteiger partial charge in [0.25, 0.3) is 0 Å². The van der Waals surface area contributed by atoms with Gasteiger partial charge < -0.3 is 5.32 Å². The third kappa shape index (κ3) is 3.27. The zero-order chi connectivity index (χ0) is 14.0. The predicted molar refractivity (Wildman–Crippen MR) is 83.5 cm³/mol. The van der Waals surface area contributed by atoms with Crippen molar-refractivity contribution in [2.75, 3.05) is 5.32 Å². The van der Waals surface area contributed by atoms with Crippen molar-refractivity contribution in [2.45, 2.75) is 39.5 Å². The van der Waals surface area contributed by atoms with Gasteiger partial charge >= 0.3 is 0 Å². The molecule has 1 fully saturated rings. The first kappa shape index (κ1) is 14.8. The molecular formula is C15H19FINO. The van der Waals surface area contributed by atoms with Gasteiger partial charge in [0.05, 0.1) is 9.26 Å². The standard InChI is InChI=1S/C15H19FINO/c1-15(2)9-4-3-6-10(15)14(19)18-12-8-5-7-11(16)13(12)17/h5,7-8,10H,3-4,6,9H2,1-2H3,(H,18,19). The molecule has 1 unspecified atom stereocenters. The van der Waals surface area contributed by atoms with Crippen LogP contribution in [0.25, 0.3) is 0 Å². The molecule has 1 aromatic rings. The van der Waals surface area contributed by atoms with Crippen molar-refractivity contribution in [3.05, 3.63) is 27.6 Å². The van der Waals surface area contributed by atoms with Crippen LogP contribution in [0.4, 0.5) is 10.1 Å². The van der Waals surface area contributed by atoms with E-state index in [0.29, 0.717) is 9.26 Å². The SMILES string of the molecule is CC1(C)CCCCC1C(=O)Nc1cccc(F)c1I. The van der Waals surface area contributed by atoms with Crippen molar-refractivity contribution < 1.29 is 9.18 Å². The van der Waals surface area contributed by atoms with Gasteiger partial charge in [-0.3, -0.25) is 4.79 Å². The number of carbonyl (C=O) groups is 1. The molecule has 0 saturated heterocycles. The van der Waals surface area contributed by atoms with Crippen LogP contribution in [0.5, 0.6) is 0 Å². The fourth-order valence-corrected chi connectivity index (χ4v) is 3.29. The summed E-state index contributed by atoms with van der Waals surface area (Å²) >= 11 is 1.93. The van der Waals surface area contributed by atoms with Gasteiger partial charge in [0.2, 0.25) is 5.91 Å². The highest BCUT2D eigenvalue weighted by Gasteiger charge is 2.37.